The molecule has 2 heterocycles. The molecule has 11 nitrogen and oxygen atoms in total. The van der Waals surface area contributed by atoms with Crippen LogP contribution in [0.15, 0.2) is 91.0 Å². The van der Waals surface area contributed by atoms with Crippen molar-refractivity contribution in [2.24, 2.45) is 0 Å². The molecule has 0 spiro atoms. The second-order valence-corrected chi connectivity index (χ2v) is 12.4. The third-order valence-corrected chi connectivity index (χ3v) is 8.87. The summed E-state index contributed by atoms with van der Waals surface area (Å²) in [4.78, 5) is 58.4. The van der Waals surface area contributed by atoms with Crippen LogP contribution in [-0.2, 0) is 29.1 Å². The molecule has 0 saturated carbocycles. The van der Waals surface area contributed by atoms with Gasteiger partial charge in [-0.2, -0.15) is 5.01 Å². The molecular formula is C38H37FN6O5. The van der Waals surface area contributed by atoms with Crippen molar-refractivity contribution in [2.75, 3.05) is 33.7 Å². The lowest BCUT2D eigenvalue weighted by Gasteiger charge is -2.46. The van der Waals surface area contributed by atoms with Gasteiger partial charge < -0.3 is 24.8 Å². The maximum atomic E-state index is 14.4. The molecule has 4 aromatic rings. The van der Waals surface area contributed by atoms with Gasteiger partial charge in [0.25, 0.3) is 0 Å². The van der Waals surface area contributed by atoms with Crippen molar-refractivity contribution in [3.8, 4) is 18.1 Å². The number of carbonyl (C=O) groups is 4. The van der Waals surface area contributed by atoms with Gasteiger partial charge in [0.1, 0.15) is 23.8 Å². The van der Waals surface area contributed by atoms with Crippen molar-refractivity contribution in [2.45, 2.75) is 31.7 Å². The van der Waals surface area contributed by atoms with Crippen LogP contribution in [0.5, 0.6) is 5.75 Å². The number of fused-ring (bicyclic) bond motifs is 2. The predicted octanol–water partition coefficient (Wildman–Crippen LogP) is 4.22. The Morgan fingerprint density at radius 3 is 2.38 bits per heavy atom. The number of halogens is 1. The largest absolute Gasteiger partial charge is 0.414 e. The van der Waals surface area contributed by atoms with E-state index in [-0.39, 0.29) is 56.8 Å². The second-order valence-electron chi connectivity index (χ2n) is 12.4. The number of nitrogens with zero attached hydrogens (tertiary/aromatic N) is 5. The van der Waals surface area contributed by atoms with Gasteiger partial charge in [0, 0.05) is 33.6 Å². The molecular weight excluding hydrogens is 639 g/mol. The lowest BCUT2D eigenvalue weighted by Crippen LogP contribution is -2.66. The monoisotopic (exact) mass is 676 g/mol. The van der Waals surface area contributed by atoms with Crippen molar-refractivity contribution in [1.82, 2.24) is 30.0 Å². The molecule has 1 N–H and O–H groups in total. The Labute approximate surface area is 289 Å². The third-order valence-electron chi connectivity index (χ3n) is 8.87. The van der Waals surface area contributed by atoms with Crippen LogP contribution < -0.4 is 10.1 Å². The number of hydrogen-bond donors (Lipinski definition) is 1. The Morgan fingerprint density at radius 2 is 1.66 bits per heavy atom. The summed E-state index contributed by atoms with van der Waals surface area (Å²) in [6, 6.07) is 25.1. The van der Waals surface area contributed by atoms with E-state index in [0.717, 1.165) is 21.9 Å². The fourth-order valence-corrected chi connectivity index (χ4v) is 6.37. The first kappa shape index (κ1) is 34.0. The van der Waals surface area contributed by atoms with Gasteiger partial charge in [-0.3, -0.25) is 9.59 Å². The molecule has 50 heavy (non-hydrogen) atoms. The summed E-state index contributed by atoms with van der Waals surface area (Å²) in [6.45, 7) is 0.249. The minimum atomic E-state index is -0.883. The van der Waals surface area contributed by atoms with Crippen molar-refractivity contribution in [3.63, 3.8) is 0 Å². The summed E-state index contributed by atoms with van der Waals surface area (Å²) >= 11 is 0. The minimum absolute atomic E-state index is 0.116. The van der Waals surface area contributed by atoms with Gasteiger partial charge in [-0.1, -0.05) is 72.7 Å². The summed E-state index contributed by atoms with van der Waals surface area (Å²) in [5.74, 6) is 1.94. The molecule has 2 fully saturated rings. The molecule has 4 aromatic carbocycles. The highest BCUT2D eigenvalue weighted by molar-refractivity contribution is 5.92. The van der Waals surface area contributed by atoms with Crippen molar-refractivity contribution >= 4 is 34.7 Å². The molecule has 0 radical (unpaired) electrons. The molecule has 12 heteroatoms. The normalized spacial score (nSPS) is 17.3. The van der Waals surface area contributed by atoms with E-state index in [2.05, 4.69) is 11.2 Å². The summed E-state index contributed by atoms with van der Waals surface area (Å²) in [5, 5.41) is 7.83. The zero-order valence-corrected chi connectivity index (χ0v) is 27.8. The standard InChI is InChI=1S/C38H37FN6O5/c1-4-20-43(37(48)40-22-27-12-16-30(39)17-13-27)44-25-35(46)45-33(21-26-14-18-31(19-15-26)50-38(49)41(2)3)36(47)42(24-34(44)45)23-29-10-7-9-28-8-5-6-11-32(28)29/h1,5-19,33-34H,20-25H2,2-3H3,(H,40,48)/t33-,34+/m0/s1. The molecule has 2 aliphatic heterocycles. The molecule has 5 amide bonds. The first-order valence-corrected chi connectivity index (χ1v) is 16.2. The van der Waals surface area contributed by atoms with Crippen LogP contribution >= 0.6 is 0 Å². The van der Waals surface area contributed by atoms with Gasteiger partial charge in [0.15, 0.2) is 0 Å². The molecule has 0 bridgehead atoms. The minimum Gasteiger partial charge on any atom is -0.410 e. The van der Waals surface area contributed by atoms with Gasteiger partial charge >= 0.3 is 12.1 Å². The van der Waals surface area contributed by atoms with E-state index < -0.39 is 24.3 Å². The van der Waals surface area contributed by atoms with Gasteiger partial charge in [-0.05, 0) is 51.7 Å². The number of piperazine rings is 1. The SMILES string of the molecule is C#CCN(C(=O)NCc1ccc(F)cc1)N1CC(=O)N2[C@@H](Cc3ccc(OC(=O)N(C)C)cc3)C(=O)N(Cc3cccc4ccccc34)C[C@@H]21. The topological polar surface area (TPSA) is 106 Å². The summed E-state index contributed by atoms with van der Waals surface area (Å²) < 4.78 is 18.8. The summed E-state index contributed by atoms with van der Waals surface area (Å²) in [5.41, 5.74) is 2.39. The number of nitrogens with one attached hydrogen (secondary N) is 1. The Bertz CT molecular complexity index is 1940. The molecule has 0 aliphatic carbocycles. The third kappa shape index (κ3) is 7.23. The first-order valence-electron chi connectivity index (χ1n) is 16.2. The molecule has 2 saturated heterocycles. The Morgan fingerprint density at radius 1 is 0.960 bits per heavy atom. The molecule has 6 rings (SSSR count). The van der Waals surface area contributed by atoms with Crippen molar-refractivity contribution < 1.29 is 28.3 Å². The number of hydrogen-bond acceptors (Lipinski definition) is 6. The van der Waals surface area contributed by atoms with E-state index in [0.29, 0.717) is 11.3 Å². The number of urea groups is 1. The average Bonchev–Trinajstić information content (AvgIpc) is 3.44. The van der Waals surface area contributed by atoms with Gasteiger partial charge in [0.2, 0.25) is 11.8 Å². The van der Waals surface area contributed by atoms with E-state index in [4.69, 9.17) is 11.2 Å². The maximum Gasteiger partial charge on any atom is 0.414 e. The number of rotatable bonds is 9. The van der Waals surface area contributed by atoms with E-state index >= 15 is 0 Å². The van der Waals surface area contributed by atoms with Crippen molar-refractivity contribution in [3.05, 3.63) is 114 Å². The van der Waals surface area contributed by atoms with Gasteiger partial charge in [-0.25, -0.2) is 19.0 Å². The van der Waals surface area contributed by atoms with Crippen LogP contribution in [-0.4, -0.2) is 94.6 Å². The number of carbonyl (C=O) groups excluding carboxylic acids is 4. The summed E-state index contributed by atoms with van der Waals surface area (Å²) in [7, 11) is 3.17. The lowest BCUT2D eigenvalue weighted by atomic mass is 9.99. The van der Waals surface area contributed by atoms with Gasteiger partial charge in [0.05, 0.1) is 19.6 Å². The van der Waals surface area contributed by atoms with E-state index in [1.807, 2.05) is 42.5 Å². The molecule has 2 aliphatic rings. The fourth-order valence-electron chi connectivity index (χ4n) is 6.37. The van der Waals surface area contributed by atoms with Crippen molar-refractivity contribution in [1.29, 1.82) is 0 Å². The second kappa shape index (κ2) is 14.7. The van der Waals surface area contributed by atoms with Crippen LogP contribution in [0.2, 0.25) is 0 Å². The maximum absolute atomic E-state index is 14.4. The fraction of sp³-hybridized carbons (Fsp3) is 0.263. The van der Waals surface area contributed by atoms with E-state index in [1.165, 1.54) is 22.0 Å². The summed E-state index contributed by atoms with van der Waals surface area (Å²) in [6.07, 6.45) is 4.70. The number of ether oxygens (including phenoxy) is 1. The molecule has 0 aromatic heterocycles. The lowest BCUT2D eigenvalue weighted by molar-refractivity contribution is -0.157. The zero-order chi connectivity index (χ0) is 35.4. The number of benzene rings is 4. The Hall–Kier alpha value is -5.93. The predicted molar refractivity (Wildman–Crippen MR) is 185 cm³/mol. The highest BCUT2D eigenvalue weighted by Crippen LogP contribution is 2.31. The highest BCUT2D eigenvalue weighted by atomic mass is 19.1. The number of amides is 5. The molecule has 2 atom stereocenters. The van der Waals surface area contributed by atoms with Crippen LogP contribution in [0, 0.1) is 18.2 Å². The van der Waals surface area contributed by atoms with E-state index in [9.17, 15) is 23.6 Å². The van der Waals surface area contributed by atoms with Crippen LogP contribution in [0.4, 0.5) is 14.0 Å². The van der Waals surface area contributed by atoms with Gasteiger partial charge in [-0.15, -0.1) is 6.42 Å². The Kier molecular flexibility index (Phi) is 9.97. The molecule has 0 unspecified atom stereocenters. The van der Waals surface area contributed by atoms with Crippen LogP contribution in [0.25, 0.3) is 10.8 Å². The van der Waals surface area contributed by atoms with Crippen LogP contribution in [0.3, 0.4) is 0 Å². The first-order chi connectivity index (χ1) is 24.1. The smallest absolute Gasteiger partial charge is 0.410 e. The zero-order valence-electron chi connectivity index (χ0n) is 27.8. The van der Waals surface area contributed by atoms with E-state index in [1.54, 1.807) is 65.3 Å². The Balaban J connectivity index is 1.30. The highest BCUT2D eigenvalue weighted by Gasteiger charge is 2.52. The quantitative estimate of drug-likeness (QED) is 0.266. The van der Waals surface area contributed by atoms with Crippen LogP contribution in [0.1, 0.15) is 16.7 Å². The number of terminal acetylenes is 1. The average molecular weight is 677 g/mol. The molecule has 256 valence electrons. The number of hydrazine groups is 1.